The van der Waals surface area contributed by atoms with Crippen molar-refractivity contribution in [1.29, 1.82) is 5.26 Å². The van der Waals surface area contributed by atoms with Crippen LogP contribution in [0, 0.1) is 17.2 Å². The van der Waals surface area contributed by atoms with Crippen LogP contribution in [-0.2, 0) is 19.1 Å². The second-order valence-electron chi connectivity index (χ2n) is 7.54. The van der Waals surface area contributed by atoms with Gasteiger partial charge >= 0.3 is 5.97 Å². The lowest BCUT2D eigenvalue weighted by Gasteiger charge is -2.24. The predicted molar refractivity (Wildman–Crippen MR) is 114 cm³/mol. The highest BCUT2D eigenvalue weighted by Crippen LogP contribution is 2.28. The van der Waals surface area contributed by atoms with Crippen molar-refractivity contribution < 1.29 is 23.8 Å². The van der Waals surface area contributed by atoms with E-state index in [4.69, 9.17) is 19.5 Å². The third-order valence-electron chi connectivity index (χ3n) is 5.42. The lowest BCUT2D eigenvalue weighted by molar-refractivity contribution is -0.142. The SMILES string of the molecule is COCC(=O)N1C[C@H](CC(=O)OC)C[C@H]1COc1ccc(-c2ccc(C#N)cc2)cc1. The lowest BCUT2D eigenvalue weighted by atomic mass is 10.0. The molecule has 3 rings (SSSR count). The van der Waals surface area contributed by atoms with E-state index < -0.39 is 0 Å². The molecule has 1 aliphatic heterocycles. The minimum Gasteiger partial charge on any atom is -0.491 e. The molecule has 0 unspecified atom stereocenters. The summed E-state index contributed by atoms with van der Waals surface area (Å²) in [4.78, 5) is 25.8. The Balaban J connectivity index is 1.62. The number of likely N-dealkylation sites (tertiary alicyclic amines) is 1. The van der Waals surface area contributed by atoms with Gasteiger partial charge in [0.05, 0.1) is 31.2 Å². The molecule has 2 aromatic carbocycles. The quantitative estimate of drug-likeness (QED) is 0.608. The first-order valence-electron chi connectivity index (χ1n) is 10.1. The fourth-order valence-electron chi connectivity index (χ4n) is 3.82. The molecule has 0 aliphatic carbocycles. The first-order chi connectivity index (χ1) is 15.0. The number of amides is 1. The van der Waals surface area contributed by atoms with Crippen LogP contribution >= 0.6 is 0 Å². The summed E-state index contributed by atoms with van der Waals surface area (Å²) in [6.45, 7) is 0.826. The third kappa shape index (κ3) is 5.83. The highest BCUT2D eigenvalue weighted by molar-refractivity contribution is 5.78. The molecule has 2 aromatic rings. The maximum atomic E-state index is 12.4. The van der Waals surface area contributed by atoms with E-state index >= 15 is 0 Å². The van der Waals surface area contributed by atoms with E-state index in [9.17, 15) is 9.59 Å². The van der Waals surface area contributed by atoms with E-state index in [2.05, 4.69) is 6.07 Å². The van der Waals surface area contributed by atoms with E-state index in [0.29, 0.717) is 30.9 Å². The fraction of sp³-hybridized carbons (Fsp3) is 0.375. The van der Waals surface area contributed by atoms with Gasteiger partial charge in [0.25, 0.3) is 0 Å². The van der Waals surface area contributed by atoms with Crippen LogP contribution in [-0.4, -0.2) is 56.8 Å². The second kappa shape index (κ2) is 10.6. The average molecular weight is 422 g/mol. The van der Waals surface area contributed by atoms with Crippen LogP contribution in [0.2, 0.25) is 0 Å². The van der Waals surface area contributed by atoms with Crippen LogP contribution in [0.4, 0.5) is 0 Å². The summed E-state index contributed by atoms with van der Waals surface area (Å²) in [5.74, 6) is 0.359. The molecule has 1 fully saturated rings. The molecule has 1 heterocycles. The molecule has 0 aromatic heterocycles. The number of benzene rings is 2. The molecule has 0 N–H and O–H groups in total. The Labute approximate surface area is 182 Å². The summed E-state index contributed by atoms with van der Waals surface area (Å²) in [5, 5.41) is 8.92. The smallest absolute Gasteiger partial charge is 0.305 e. The van der Waals surface area contributed by atoms with Gasteiger partial charge in [-0.3, -0.25) is 9.59 Å². The molecular weight excluding hydrogens is 396 g/mol. The number of esters is 1. The van der Waals surface area contributed by atoms with Crippen LogP contribution in [0.3, 0.4) is 0 Å². The van der Waals surface area contributed by atoms with Gasteiger partial charge in [-0.05, 0) is 47.7 Å². The molecular formula is C24H26N2O5. The minimum atomic E-state index is -0.274. The summed E-state index contributed by atoms with van der Waals surface area (Å²) in [6.07, 6.45) is 0.955. The van der Waals surface area contributed by atoms with E-state index in [1.807, 2.05) is 36.4 Å². The summed E-state index contributed by atoms with van der Waals surface area (Å²) in [5.41, 5.74) is 2.66. The van der Waals surface area contributed by atoms with Crippen molar-refractivity contribution in [3.05, 3.63) is 54.1 Å². The maximum Gasteiger partial charge on any atom is 0.305 e. The number of hydrogen-bond donors (Lipinski definition) is 0. The molecule has 1 saturated heterocycles. The monoisotopic (exact) mass is 422 g/mol. The highest BCUT2D eigenvalue weighted by atomic mass is 16.5. The first kappa shape index (κ1) is 22.3. The van der Waals surface area contributed by atoms with E-state index in [1.165, 1.54) is 14.2 Å². The molecule has 1 amide bonds. The summed E-state index contributed by atoms with van der Waals surface area (Å²) < 4.78 is 15.7. The maximum absolute atomic E-state index is 12.4. The van der Waals surface area contributed by atoms with Gasteiger partial charge in [-0.2, -0.15) is 5.26 Å². The molecule has 0 saturated carbocycles. The number of ether oxygens (including phenoxy) is 3. The van der Waals surface area contributed by atoms with Crippen molar-refractivity contribution in [2.24, 2.45) is 5.92 Å². The van der Waals surface area contributed by atoms with Gasteiger partial charge in [0.15, 0.2) is 0 Å². The van der Waals surface area contributed by atoms with Crippen molar-refractivity contribution in [3.63, 3.8) is 0 Å². The standard InChI is InChI=1S/C24H26N2O5/c1-29-16-23(27)26-14-18(12-24(28)30-2)11-21(26)15-31-22-9-7-20(8-10-22)19-5-3-17(13-25)4-6-19/h3-10,18,21H,11-12,14-16H2,1-2H3/t18-,21-/m0/s1. The second-order valence-corrected chi connectivity index (χ2v) is 7.54. The van der Waals surface area contributed by atoms with Gasteiger partial charge in [0, 0.05) is 13.7 Å². The molecule has 31 heavy (non-hydrogen) atoms. The number of rotatable bonds is 8. The summed E-state index contributed by atoms with van der Waals surface area (Å²) in [6, 6.07) is 17.1. The number of methoxy groups -OCH3 is 2. The average Bonchev–Trinajstić information content (AvgIpc) is 3.20. The van der Waals surface area contributed by atoms with Crippen LogP contribution in [0.1, 0.15) is 18.4 Å². The van der Waals surface area contributed by atoms with Crippen LogP contribution in [0.5, 0.6) is 5.75 Å². The van der Waals surface area contributed by atoms with Crippen molar-refractivity contribution >= 4 is 11.9 Å². The summed E-state index contributed by atoms with van der Waals surface area (Å²) in [7, 11) is 2.86. The Hall–Kier alpha value is -3.37. The largest absolute Gasteiger partial charge is 0.491 e. The molecule has 0 spiro atoms. The zero-order valence-corrected chi connectivity index (χ0v) is 17.7. The van der Waals surface area contributed by atoms with Gasteiger partial charge in [-0.25, -0.2) is 0 Å². The highest BCUT2D eigenvalue weighted by Gasteiger charge is 2.36. The van der Waals surface area contributed by atoms with Gasteiger partial charge < -0.3 is 19.1 Å². The normalized spacial score (nSPS) is 17.8. The topological polar surface area (TPSA) is 88.9 Å². The zero-order chi connectivity index (χ0) is 22.2. The Kier molecular flexibility index (Phi) is 7.63. The Morgan fingerprint density at radius 1 is 1.06 bits per heavy atom. The minimum absolute atomic E-state index is 0.000727. The summed E-state index contributed by atoms with van der Waals surface area (Å²) >= 11 is 0. The fourth-order valence-corrected chi connectivity index (χ4v) is 3.82. The lowest BCUT2D eigenvalue weighted by Crippen LogP contribution is -2.41. The van der Waals surface area contributed by atoms with Crippen molar-refractivity contribution in [2.45, 2.75) is 18.9 Å². The van der Waals surface area contributed by atoms with Gasteiger partial charge in [0.2, 0.25) is 5.91 Å². The van der Waals surface area contributed by atoms with Crippen molar-refractivity contribution in [2.75, 3.05) is 34.0 Å². The Morgan fingerprint density at radius 2 is 1.71 bits per heavy atom. The molecule has 2 atom stereocenters. The molecule has 0 bridgehead atoms. The number of nitriles is 1. The van der Waals surface area contributed by atoms with Crippen LogP contribution in [0.15, 0.2) is 48.5 Å². The Morgan fingerprint density at radius 3 is 2.29 bits per heavy atom. The number of nitrogens with zero attached hydrogens (tertiary/aromatic N) is 2. The van der Waals surface area contributed by atoms with Gasteiger partial charge in [-0.15, -0.1) is 0 Å². The van der Waals surface area contributed by atoms with Crippen molar-refractivity contribution in [1.82, 2.24) is 4.90 Å². The molecule has 1 aliphatic rings. The van der Waals surface area contributed by atoms with E-state index in [-0.39, 0.29) is 36.9 Å². The van der Waals surface area contributed by atoms with Crippen molar-refractivity contribution in [3.8, 4) is 22.9 Å². The first-order valence-corrected chi connectivity index (χ1v) is 10.1. The molecule has 7 heteroatoms. The number of carbonyl (C=O) groups excluding carboxylic acids is 2. The third-order valence-corrected chi connectivity index (χ3v) is 5.42. The van der Waals surface area contributed by atoms with Crippen LogP contribution in [0.25, 0.3) is 11.1 Å². The van der Waals surface area contributed by atoms with Gasteiger partial charge in [-0.1, -0.05) is 24.3 Å². The predicted octanol–water partition coefficient (Wildman–Crippen LogP) is 3.03. The molecule has 162 valence electrons. The van der Waals surface area contributed by atoms with Gasteiger partial charge in [0.1, 0.15) is 19.0 Å². The Bertz CT molecular complexity index is 934. The van der Waals surface area contributed by atoms with E-state index in [0.717, 1.165) is 11.1 Å². The number of carbonyl (C=O) groups is 2. The number of hydrogen-bond acceptors (Lipinski definition) is 6. The van der Waals surface area contributed by atoms with Crippen LogP contribution < -0.4 is 4.74 Å². The van der Waals surface area contributed by atoms with E-state index in [1.54, 1.807) is 17.0 Å². The zero-order valence-electron chi connectivity index (χ0n) is 17.7. The molecule has 0 radical (unpaired) electrons. The molecule has 7 nitrogen and oxygen atoms in total.